The summed E-state index contributed by atoms with van der Waals surface area (Å²) >= 11 is 3.71. The van der Waals surface area contributed by atoms with Crippen LogP contribution in [0.25, 0.3) is 0 Å². The van der Waals surface area contributed by atoms with Crippen LogP contribution in [0.15, 0.2) is 22.7 Å². The van der Waals surface area contributed by atoms with Crippen LogP contribution in [0.5, 0.6) is 0 Å². The number of hydrogen-bond acceptors (Lipinski definition) is 1. The van der Waals surface area contributed by atoms with Crippen LogP contribution in [0, 0.1) is 18.8 Å². The summed E-state index contributed by atoms with van der Waals surface area (Å²) in [6.07, 6.45) is 5.50. The summed E-state index contributed by atoms with van der Waals surface area (Å²) in [5, 5.41) is 3.55. The Bertz CT molecular complexity index is 402. The van der Waals surface area contributed by atoms with Crippen LogP contribution < -0.4 is 5.32 Å². The Morgan fingerprint density at radius 3 is 2.78 bits per heavy atom. The maximum absolute atomic E-state index is 3.71. The minimum atomic E-state index is 0.488. The molecule has 2 heteroatoms. The van der Waals surface area contributed by atoms with Gasteiger partial charge < -0.3 is 5.32 Å². The zero-order valence-electron chi connectivity index (χ0n) is 11.7. The highest BCUT2D eigenvalue weighted by Crippen LogP contribution is 2.39. The third-order valence-corrected chi connectivity index (χ3v) is 4.97. The molecular weight excluding hydrogens is 286 g/mol. The molecule has 0 radical (unpaired) electrons. The second-order valence-electron chi connectivity index (χ2n) is 5.82. The fraction of sp³-hybridized carbons (Fsp3) is 0.625. The molecule has 1 N–H and O–H groups in total. The molecule has 0 aromatic heterocycles. The molecular formula is C16H24BrN. The van der Waals surface area contributed by atoms with E-state index >= 15 is 0 Å². The molecule has 1 aromatic rings. The van der Waals surface area contributed by atoms with Crippen molar-refractivity contribution < 1.29 is 0 Å². The molecule has 0 saturated heterocycles. The second kappa shape index (κ2) is 6.21. The first-order chi connectivity index (χ1) is 8.61. The van der Waals surface area contributed by atoms with Crippen molar-refractivity contribution in [2.45, 2.75) is 45.6 Å². The van der Waals surface area contributed by atoms with Crippen molar-refractivity contribution in [1.82, 2.24) is 5.32 Å². The summed E-state index contributed by atoms with van der Waals surface area (Å²) in [7, 11) is 2.10. The average Bonchev–Trinajstić information content (AvgIpc) is 2.35. The molecule has 1 aliphatic rings. The van der Waals surface area contributed by atoms with E-state index in [2.05, 4.69) is 60.3 Å². The van der Waals surface area contributed by atoms with Crippen molar-refractivity contribution in [3.05, 3.63) is 33.8 Å². The number of nitrogens with one attached hydrogen (secondary N) is 1. The molecule has 18 heavy (non-hydrogen) atoms. The highest BCUT2D eigenvalue weighted by molar-refractivity contribution is 9.10. The van der Waals surface area contributed by atoms with Gasteiger partial charge in [0.2, 0.25) is 0 Å². The maximum atomic E-state index is 3.71. The van der Waals surface area contributed by atoms with Crippen LogP contribution in [0.3, 0.4) is 0 Å². The summed E-state index contributed by atoms with van der Waals surface area (Å²) in [4.78, 5) is 0. The van der Waals surface area contributed by atoms with E-state index in [4.69, 9.17) is 0 Å². The Hall–Kier alpha value is -0.340. The Kier molecular flexibility index (Phi) is 4.85. The Morgan fingerprint density at radius 1 is 1.33 bits per heavy atom. The van der Waals surface area contributed by atoms with E-state index in [1.165, 1.54) is 41.3 Å². The van der Waals surface area contributed by atoms with Crippen molar-refractivity contribution in [1.29, 1.82) is 0 Å². The lowest BCUT2D eigenvalue weighted by Gasteiger charge is -2.34. The third kappa shape index (κ3) is 3.16. The average molecular weight is 310 g/mol. The molecule has 3 unspecified atom stereocenters. The quantitative estimate of drug-likeness (QED) is 0.842. The van der Waals surface area contributed by atoms with Gasteiger partial charge in [-0.1, -0.05) is 53.4 Å². The number of benzene rings is 1. The summed E-state index contributed by atoms with van der Waals surface area (Å²) in [6.45, 7) is 4.57. The first-order valence-electron chi connectivity index (χ1n) is 7.05. The standard InChI is InChI=1S/C16H24BrN/c1-11-5-4-6-13(9-11)16(18-3)14-10-12(2)7-8-15(14)17/h7-8,10-11,13,16,18H,4-6,9H2,1-3H3. The maximum Gasteiger partial charge on any atom is 0.0357 e. The van der Waals surface area contributed by atoms with Crippen LogP contribution in [-0.4, -0.2) is 7.05 Å². The van der Waals surface area contributed by atoms with Gasteiger partial charge in [-0.15, -0.1) is 0 Å². The summed E-state index contributed by atoms with van der Waals surface area (Å²) in [5.74, 6) is 1.65. The first kappa shape index (κ1) is 14.1. The molecule has 3 atom stereocenters. The molecule has 1 saturated carbocycles. The zero-order chi connectivity index (χ0) is 13.1. The second-order valence-corrected chi connectivity index (χ2v) is 6.68. The van der Waals surface area contributed by atoms with Gasteiger partial charge in [0.15, 0.2) is 0 Å². The molecule has 0 heterocycles. The monoisotopic (exact) mass is 309 g/mol. The zero-order valence-corrected chi connectivity index (χ0v) is 13.3. The summed E-state index contributed by atoms with van der Waals surface area (Å²) in [5.41, 5.74) is 2.77. The largest absolute Gasteiger partial charge is 0.313 e. The Morgan fingerprint density at radius 2 is 2.11 bits per heavy atom. The molecule has 0 aliphatic heterocycles. The van der Waals surface area contributed by atoms with Crippen molar-refractivity contribution >= 4 is 15.9 Å². The topological polar surface area (TPSA) is 12.0 Å². The predicted molar refractivity (Wildman–Crippen MR) is 81.8 cm³/mol. The van der Waals surface area contributed by atoms with Gasteiger partial charge in [0.05, 0.1) is 0 Å². The summed E-state index contributed by atoms with van der Waals surface area (Å²) < 4.78 is 1.24. The van der Waals surface area contributed by atoms with E-state index in [-0.39, 0.29) is 0 Å². The van der Waals surface area contributed by atoms with Gasteiger partial charge >= 0.3 is 0 Å². The van der Waals surface area contributed by atoms with Gasteiger partial charge in [0.1, 0.15) is 0 Å². The molecule has 0 spiro atoms. The third-order valence-electron chi connectivity index (χ3n) is 4.25. The minimum absolute atomic E-state index is 0.488. The number of hydrogen-bond donors (Lipinski definition) is 1. The normalized spacial score (nSPS) is 26.0. The van der Waals surface area contributed by atoms with Crippen molar-refractivity contribution in [3.8, 4) is 0 Å². The fourth-order valence-corrected chi connectivity index (χ4v) is 3.82. The minimum Gasteiger partial charge on any atom is -0.313 e. The lowest BCUT2D eigenvalue weighted by atomic mass is 9.76. The molecule has 1 fully saturated rings. The van der Waals surface area contributed by atoms with Gasteiger partial charge in [0.25, 0.3) is 0 Å². The fourth-order valence-electron chi connectivity index (χ4n) is 3.33. The number of rotatable bonds is 3. The lowest BCUT2D eigenvalue weighted by Crippen LogP contribution is -2.29. The van der Waals surface area contributed by atoms with E-state index in [9.17, 15) is 0 Å². The van der Waals surface area contributed by atoms with Gasteiger partial charge in [-0.05, 0) is 50.3 Å². The highest BCUT2D eigenvalue weighted by Gasteiger charge is 2.27. The molecule has 2 rings (SSSR count). The van der Waals surface area contributed by atoms with Gasteiger partial charge in [-0.3, -0.25) is 0 Å². The first-order valence-corrected chi connectivity index (χ1v) is 7.84. The van der Waals surface area contributed by atoms with Gasteiger partial charge in [-0.2, -0.15) is 0 Å². The van der Waals surface area contributed by atoms with Crippen molar-refractivity contribution in [2.75, 3.05) is 7.05 Å². The van der Waals surface area contributed by atoms with Crippen LogP contribution >= 0.6 is 15.9 Å². The summed E-state index contributed by atoms with van der Waals surface area (Å²) in [6, 6.07) is 7.16. The molecule has 100 valence electrons. The van der Waals surface area contributed by atoms with Crippen LogP contribution in [0.1, 0.15) is 49.8 Å². The van der Waals surface area contributed by atoms with Gasteiger partial charge in [0, 0.05) is 10.5 Å². The number of aryl methyl sites for hydroxylation is 1. The van der Waals surface area contributed by atoms with Crippen molar-refractivity contribution in [2.24, 2.45) is 11.8 Å². The van der Waals surface area contributed by atoms with Gasteiger partial charge in [-0.25, -0.2) is 0 Å². The number of halogens is 1. The molecule has 1 nitrogen and oxygen atoms in total. The van der Waals surface area contributed by atoms with E-state index in [0.717, 1.165) is 11.8 Å². The van der Waals surface area contributed by atoms with E-state index in [0.29, 0.717) is 6.04 Å². The van der Waals surface area contributed by atoms with Crippen LogP contribution in [0.4, 0.5) is 0 Å². The SMILES string of the molecule is CNC(c1cc(C)ccc1Br)C1CCCC(C)C1. The molecule has 0 amide bonds. The van der Waals surface area contributed by atoms with Crippen molar-refractivity contribution in [3.63, 3.8) is 0 Å². The van der Waals surface area contributed by atoms with E-state index in [1.54, 1.807) is 0 Å². The van der Waals surface area contributed by atoms with Crippen LogP contribution in [-0.2, 0) is 0 Å². The lowest BCUT2D eigenvalue weighted by molar-refractivity contribution is 0.229. The Balaban J connectivity index is 2.24. The molecule has 1 aliphatic carbocycles. The Labute approximate surface area is 119 Å². The molecule has 0 bridgehead atoms. The van der Waals surface area contributed by atoms with Crippen LogP contribution in [0.2, 0.25) is 0 Å². The predicted octanol–water partition coefficient (Wildman–Crippen LogP) is 4.84. The van der Waals surface area contributed by atoms with E-state index < -0.39 is 0 Å². The molecule has 1 aromatic carbocycles. The highest BCUT2D eigenvalue weighted by atomic mass is 79.9. The van der Waals surface area contributed by atoms with E-state index in [1.807, 2.05) is 0 Å². The smallest absolute Gasteiger partial charge is 0.0357 e.